The average molecular weight is 427 g/mol. The van der Waals surface area contributed by atoms with Gasteiger partial charge in [-0.25, -0.2) is 8.42 Å². The van der Waals surface area contributed by atoms with E-state index in [4.69, 9.17) is 14.2 Å². The molecule has 1 aromatic carbocycles. The van der Waals surface area contributed by atoms with Crippen LogP contribution in [0.25, 0.3) is 0 Å². The lowest BCUT2D eigenvalue weighted by molar-refractivity contribution is -0.123. The summed E-state index contributed by atoms with van der Waals surface area (Å²) >= 11 is 0. The van der Waals surface area contributed by atoms with Gasteiger partial charge >= 0.3 is 0 Å². The topological polar surface area (TPSA) is 94.2 Å². The highest BCUT2D eigenvalue weighted by Gasteiger charge is 2.27. The van der Waals surface area contributed by atoms with Crippen LogP contribution in [0.1, 0.15) is 39.0 Å². The SMILES string of the molecule is CCOc1ccc(S(=O)(=O)N2CCOCC2)cc1NC(=O)COC1CCCCC1. The first kappa shape index (κ1) is 22.0. The molecule has 1 amide bonds. The van der Waals surface area contributed by atoms with E-state index in [1.807, 2.05) is 6.92 Å². The zero-order valence-electron chi connectivity index (χ0n) is 16.9. The lowest BCUT2D eigenvalue weighted by Crippen LogP contribution is -2.40. The van der Waals surface area contributed by atoms with Gasteiger partial charge in [0.15, 0.2) is 0 Å². The Morgan fingerprint density at radius 3 is 2.62 bits per heavy atom. The highest BCUT2D eigenvalue weighted by atomic mass is 32.2. The minimum absolute atomic E-state index is 0.0589. The summed E-state index contributed by atoms with van der Waals surface area (Å²) in [5.74, 6) is 0.108. The van der Waals surface area contributed by atoms with Crippen LogP contribution in [0.15, 0.2) is 23.1 Å². The molecule has 2 fully saturated rings. The van der Waals surface area contributed by atoms with Crippen LogP contribution in [0.4, 0.5) is 5.69 Å². The molecule has 1 aliphatic carbocycles. The highest BCUT2D eigenvalue weighted by molar-refractivity contribution is 7.89. The first-order valence-corrected chi connectivity index (χ1v) is 11.7. The van der Waals surface area contributed by atoms with Crippen LogP contribution in [0.3, 0.4) is 0 Å². The van der Waals surface area contributed by atoms with Gasteiger partial charge in [-0.15, -0.1) is 0 Å². The van der Waals surface area contributed by atoms with Crippen LogP contribution in [0.5, 0.6) is 5.75 Å². The van der Waals surface area contributed by atoms with Crippen molar-refractivity contribution in [2.75, 3.05) is 44.8 Å². The Balaban J connectivity index is 1.71. The fourth-order valence-electron chi connectivity index (χ4n) is 3.60. The third-order valence-corrected chi connectivity index (χ3v) is 7.03. The van der Waals surface area contributed by atoms with E-state index in [1.54, 1.807) is 6.07 Å². The van der Waals surface area contributed by atoms with Crippen molar-refractivity contribution >= 4 is 21.6 Å². The number of carbonyl (C=O) groups excluding carboxylic acids is 1. The molecule has 1 saturated heterocycles. The van der Waals surface area contributed by atoms with Crippen molar-refractivity contribution in [3.8, 4) is 5.75 Å². The van der Waals surface area contributed by atoms with E-state index in [-0.39, 0.29) is 23.5 Å². The van der Waals surface area contributed by atoms with E-state index >= 15 is 0 Å². The van der Waals surface area contributed by atoms with E-state index in [0.29, 0.717) is 44.3 Å². The smallest absolute Gasteiger partial charge is 0.250 e. The molecule has 3 rings (SSSR count). The van der Waals surface area contributed by atoms with E-state index < -0.39 is 10.0 Å². The van der Waals surface area contributed by atoms with Crippen LogP contribution in [0.2, 0.25) is 0 Å². The molecule has 0 aromatic heterocycles. The van der Waals surface area contributed by atoms with Gasteiger partial charge in [0.1, 0.15) is 12.4 Å². The number of nitrogens with one attached hydrogen (secondary N) is 1. The number of benzene rings is 1. The minimum atomic E-state index is -3.67. The van der Waals surface area contributed by atoms with E-state index in [0.717, 1.165) is 25.7 Å². The summed E-state index contributed by atoms with van der Waals surface area (Å²) in [5, 5.41) is 2.75. The van der Waals surface area contributed by atoms with Gasteiger partial charge in [0.25, 0.3) is 0 Å². The number of rotatable bonds is 8. The van der Waals surface area contributed by atoms with Gasteiger partial charge in [0.2, 0.25) is 15.9 Å². The van der Waals surface area contributed by atoms with E-state index in [2.05, 4.69) is 5.32 Å². The van der Waals surface area contributed by atoms with Gasteiger partial charge < -0.3 is 19.5 Å². The molecule has 0 radical (unpaired) electrons. The summed E-state index contributed by atoms with van der Waals surface area (Å²) in [6.07, 6.45) is 5.54. The van der Waals surface area contributed by atoms with Crippen molar-refractivity contribution in [2.24, 2.45) is 0 Å². The van der Waals surface area contributed by atoms with Crippen molar-refractivity contribution in [3.63, 3.8) is 0 Å². The Bertz CT molecular complexity index is 786. The molecule has 1 aliphatic heterocycles. The molecule has 0 spiro atoms. The van der Waals surface area contributed by atoms with Gasteiger partial charge in [-0.3, -0.25) is 4.79 Å². The van der Waals surface area contributed by atoms with Gasteiger partial charge in [0.05, 0.1) is 36.5 Å². The Morgan fingerprint density at radius 2 is 1.93 bits per heavy atom. The number of morpholine rings is 1. The molecular weight excluding hydrogens is 396 g/mol. The van der Waals surface area contributed by atoms with Crippen LogP contribution >= 0.6 is 0 Å². The maximum atomic E-state index is 12.9. The van der Waals surface area contributed by atoms with Crippen LogP contribution in [-0.4, -0.2) is 64.3 Å². The van der Waals surface area contributed by atoms with Gasteiger partial charge in [0, 0.05) is 13.1 Å². The number of carbonyl (C=O) groups is 1. The molecule has 0 atom stereocenters. The minimum Gasteiger partial charge on any atom is -0.492 e. The molecule has 8 nitrogen and oxygen atoms in total. The Labute approximate surface area is 172 Å². The number of ether oxygens (including phenoxy) is 3. The zero-order valence-corrected chi connectivity index (χ0v) is 17.7. The molecular formula is C20H30N2O6S. The van der Waals surface area contributed by atoms with Gasteiger partial charge in [-0.2, -0.15) is 4.31 Å². The first-order valence-electron chi connectivity index (χ1n) is 10.3. The summed E-state index contributed by atoms with van der Waals surface area (Å²) in [7, 11) is -3.67. The van der Waals surface area contributed by atoms with E-state index in [1.165, 1.54) is 22.9 Å². The number of hydrogen-bond donors (Lipinski definition) is 1. The summed E-state index contributed by atoms with van der Waals surface area (Å²) in [6, 6.07) is 4.53. The van der Waals surface area contributed by atoms with Crippen molar-refractivity contribution < 1.29 is 27.4 Å². The molecule has 0 unspecified atom stereocenters. The third-order valence-electron chi connectivity index (χ3n) is 5.14. The van der Waals surface area contributed by atoms with Crippen LogP contribution in [0, 0.1) is 0 Å². The first-order chi connectivity index (χ1) is 14.0. The molecule has 9 heteroatoms. The molecule has 2 aliphatic rings. The summed E-state index contributed by atoms with van der Waals surface area (Å²) < 4.78 is 43.7. The van der Waals surface area contributed by atoms with Crippen LogP contribution in [-0.2, 0) is 24.3 Å². The quantitative estimate of drug-likeness (QED) is 0.686. The van der Waals surface area contributed by atoms with Crippen molar-refractivity contribution in [3.05, 3.63) is 18.2 Å². The number of amides is 1. The van der Waals surface area contributed by atoms with E-state index in [9.17, 15) is 13.2 Å². The molecule has 1 heterocycles. The molecule has 1 saturated carbocycles. The number of anilines is 1. The van der Waals surface area contributed by atoms with Gasteiger partial charge in [-0.05, 0) is 38.0 Å². The summed E-state index contributed by atoms with van der Waals surface area (Å²) in [5.41, 5.74) is 0.332. The second kappa shape index (κ2) is 10.4. The predicted molar refractivity (Wildman–Crippen MR) is 109 cm³/mol. The average Bonchev–Trinajstić information content (AvgIpc) is 2.75. The monoisotopic (exact) mass is 426 g/mol. The molecule has 162 valence electrons. The largest absolute Gasteiger partial charge is 0.492 e. The molecule has 1 N–H and O–H groups in total. The van der Waals surface area contributed by atoms with Crippen molar-refractivity contribution in [1.82, 2.24) is 4.31 Å². The second-order valence-corrected chi connectivity index (χ2v) is 9.16. The predicted octanol–water partition coefficient (Wildman–Crippen LogP) is 2.39. The standard InChI is InChI=1S/C20H30N2O6S/c1-2-27-19-9-8-17(29(24,25)22-10-12-26-13-11-22)14-18(19)21-20(23)15-28-16-6-4-3-5-7-16/h8-9,14,16H,2-7,10-13,15H2,1H3,(H,21,23). The maximum absolute atomic E-state index is 12.9. The highest BCUT2D eigenvalue weighted by Crippen LogP contribution is 2.30. The lowest BCUT2D eigenvalue weighted by Gasteiger charge is -2.26. The lowest BCUT2D eigenvalue weighted by atomic mass is 9.98. The third kappa shape index (κ3) is 5.91. The van der Waals surface area contributed by atoms with Crippen molar-refractivity contribution in [1.29, 1.82) is 0 Å². The normalized spacial score (nSPS) is 19.1. The fraction of sp³-hybridized carbons (Fsp3) is 0.650. The van der Waals surface area contributed by atoms with Gasteiger partial charge in [-0.1, -0.05) is 19.3 Å². The summed E-state index contributed by atoms with van der Waals surface area (Å²) in [4.78, 5) is 12.5. The van der Waals surface area contributed by atoms with Crippen molar-refractivity contribution in [2.45, 2.75) is 50.0 Å². The zero-order chi connectivity index (χ0) is 20.7. The Kier molecular flexibility index (Phi) is 7.88. The number of hydrogen-bond acceptors (Lipinski definition) is 6. The number of nitrogens with zero attached hydrogens (tertiary/aromatic N) is 1. The Morgan fingerprint density at radius 1 is 1.21 bits per heavy atom. The molecule has 0 bridgehead atoms. The fourth-order valence-corrected chi connectivity index (χ4v) is 5.03. The second-order valence-electron chi connectivity index (χ2n) is 7.23. The maximum Gasteiger partial charge on any atom is 0.250 e. The number of sulfonamides is 1. The Hall–Kier alpha value is -1.68. The summed E-state index contributed by atoms with van der Waals surface area (Å²) in [6.45, 7) is 3.54. The molecule has 29 heavy (non-hydrogen) atoms. The van der Waals surface area contributed by atoms with Crippen LogP contribution < -0.4 is 10.1 Å². The molecule has 1 aromatic rings.